The summed E-state index contributed by atoms with van der Waals surface area (Å²) in [7, 11) is -1.96. The van der Waals surface area contributed by atoms with Crippen LogP contribution in [0, 0.1) is 0 Å². The van der Waals surface area contributed by atoms with E-state index in [1.807, 2.05) is 24.3 Å². The van der Waals surface area contributed by atoms with Gasteiger partial charge in [-0.2, -0.15) is 0 Å². The molecular formula is C32H31N3O4S3. The first-order valence-corrected chi connectivity index (χ1v) is 17.1. The molecule has 1 aliphatic rings. The minimum Gasteiger partial charge on any atom is -0.497 e. The summed E-state index contributed by atoms with van der Waals surface area (Å²) in [5.74, 6) is 0.300. The van der Waals surface area contributed by atoms with E-state index in [1.165, 1.54) is 35.2 Å². The lowest BCUT2D eigenvalue weighted by atomic mass is 10.0. The third-order valence-corrected chi connectivity index (χ3v) is 11.4. The van der Waals surface area contributed by atoms with Crippen molar-refractivity contribution in [2.45, 2.75) is 37.2 Å². The number of hydrogen-bond acceptors (Lipinski definition) is 8. The molecule has 1 aliphatic heterocycles. The van der Waals surface area contributed by atoms with Gasteiger partial charge in [0.2, 0.25) is 5.91 Å². The van der Waals surface area contributed by atoms with E-state index in [4.69, 9.17) is 9.72 Å². The number of amides is 1. The highest BCUT2D eigenvalue weighted by Crippen LogP contribution is 2.46. The standard InChI is InChI=1S/C32H31N3O4S3/c1-39-23-13-15-24(16-14-23)42(37,38)19-7-12-29(36)34-32-30(31-33-26-10-5-6-11-27(26)40-31)25-17-18-35(21-28(25)41-32)20-22-8-3-2-4-9-22/h2-6,8-11,13-16H,7,12,17-21H2,1H3,(H,34,36). The van der Waals surface area contributed by atoms with Crippen LogP contribution in [0.5, 0.6) is 5.75 Å². The average molecular weight is 618 g/mol. The fraction of sp³-hybridized carbons (Fsp3) is 0.250. The van der Waals surface area contributed by atoms with E-state index < -0.39 is 9.84 Å². The molecule has 0 spiro atoms. The van der Waals surface area contributed by atoms with Gasteiger partial charge >= 0.3 is 0 Å². The molecule has 2 aromatic heterocycles. The molecule has 6 rings (SSSR count). The van der Waals surface area contributed by atoms with Crippen LogP contribution in [0.4, 0.5) is 5.00 Å². The second-order valence-corrected chi connectivity index (χ2v) is 14.5. The number of fused-ring (bicyclic) bond motifs is 2. The first-order chi connectivity index (χ1) is 20.4. The van der Waals surface area contributed by atoms with Crippen molar-refractivity contribution >= 4 is 53.6 Å². The largest absolute Gasteiger partial charge is 0.497 e. The van der Waals surface area contributed by atoms with Gasteiger partial charge in [-0.1, -0.05) is 42.5 Å². The molecule has 10 heteroatoms. The van der Waals surface area contributed by atoms with E-state index in [1.54, 1.807) is 34.8 Å². The molecule has 0 radical (unpaired) electrons. The number of sulfone groups is 1. The van der Waals surface area contributed by atoms with Gasteiger partial charge in [0.1, 0.15) is 15.8 Å². The number of thiophene rings is 1. The zero-order valence-corrected chi connectivity index (χ0v) is 25.7. The second-order valence-electron chi connectivity index (χ2n) is 10.3. The summed E-state index contributed by atoms with van der Waals surface area (Å²) in [6, 6.07) is 24.9. The average Bonchev–Trinajstić information content (AvgIpc) is 3.58. The van der Waals surface area contributed by atoms with Gasteiger partial charge in [-0.15, -0.1) is 22.7 Å². The third kappa shape index (κ3) is 6.27. The van der Waals surface area contributed by atoms with Gasteiger partial charge in [0, 0.05) is 36.5 Å². The highest BCUT2D eigenvalue weighted by Gasteiger charge is 2.28. The topological polar surface area (TPSA) is 88.6 Å². The van der Waals surface area contributed by atoms with Crippen LogP contribution < -0.4 is 10.1 Å². The maximum Gasteiger partial charge on any atom is 0.225 e. The molecule has 1 amide bonds. The van der Waals surface area contributed by atoms with E-state index in [0.717, 1.165) is 51.8 Å². The molecule has 1 N–H and O–H groups in total. The molecule has 0 atom stereocenters. The number of hydrogen-bond donors (Lipinski definition) is 1. The monoisotopic (exact) mass is 617 g/mol. The fourth-order valence-electron chi connectivity index (χ4n) is 5.24. The fourth-order valence-corrected chi connectivity index (χ4v) is 8.97. The van der Waals surface area contributed by atoms with Crippen molar-refractivity contribution in [3.63, 3.8) is 0 Å². The van der Waals surface area contributed by atoms with Crippen molar-refractivity contribution in [3.05, 3.63) is 94.9 Å². The van der Waals surface area contributed by atoms with Crippen molar-refractivity contribution in [2.24, 2.45) is 0 Å². The number of benzene rings is 3. The van der Waals surface area contributed by atoms with Gasteiger partial charge in [0.05, 0.1) is 28.0 Å². The first-order valence-electron chi connectivity index (χ1n) is 13.8. The van der Waals surface area contributed by atoms with Crippen molar-refractivity contribution in [1.82, 2.24) is 9.88 Å². The molecule has 42 heavy (non-hydrogen) atoms. The van der Waals surface area contributed by atoms with Gasteiger partial charge in [-0.05, 0) is 60.4 Å². The Balaban J connectivity index is 1.20. The van der Waals surface area contributed by atoms with Crippen LogP contribution in [0.1, 0.15) is 28.8 Å². The maximum absolute atomic E-state index is 13.1. The number of rotatable bonds is 10. The van der Waals surface area contributed by atoms with Crippen LogP contribution in [0.3, 0.4) is 0 Å². The highest BCUT2D eigenvalue weighted by molar-refractivity contribution is 7.91. The quantitative estimate of drug-likeness (QED) is 0.186. The Hall–Kier alpha value is -3.57. The van der Waals surface area contributed by atoms with Gasteiger partial charge < -0.3 is 10.1 Å². The van der Waals surface area contributed by atoms with E-state index >= 15 is 0 Å². The SMILES string of the molecule is COc1ccc(S(=O)(=O)CCCC(=O)Nc2sc3c(c2-c2nc4ccccc4s2)CCN(Cc2ccccc2)C3)cc1. The van der Waals surface area contributed by atoms with Gasteiger partial charge in [-0.25, -0.2) is 13.4 Å². The Morgan fingerprint density at radius 1 is 1.00 bits per heavy atom. The van der Waals surface area contributed by atoms with Crippen LogP contribution in [-0.4, -0.2) is 43.6 Å². The minimum absolute atomic E-state index is 0.104. The van der Waals surface area contributed by atoms with Crippen LogP contribution in [0.15, 0.2) is 83.8 Å². The Labute approximate surface area is 253 Å². The Kier molecular flexibility index (Phi) is 8.39. The first kappa shape index (κ1) is 28.5. The van der Waals surface area contributed by atoms with Crippen molar-refractivity contribution < 1.29 is 17.9 Å². The molecule has 0 bridgehead atoms. The number of carbonyl (C=O) groups is 1. The molecule has 0 saturated heterocycles. The number of nitrogens with one attached hydrogen (secondary N) is 1. The van der Waals surface area contributed by atoms with Crippen LogP contribution in [0.25, 0.3) is 20.8 Å². The summed E-state index contributed by atoms with van der Waals surface area (Å²) in [6.45, 7) is 2.61. The normalized spacial score (nSPS) is 13.6. The Morgan fingerprint density at radius 2 is 1.76 bits per heavy atom. The molecule has 5 aromatic rings. The van der Waals surface area contributed by atoms with Crippen molar-refractivity contribution in [3.8, 4) is 16.3 Å². The summed E-state index contributed by atoms with van der Waals surface area (Å²) in [4.78, 5) is 22.0. The second kappa shape index (κ2) is 12.3. The van der Waals surface area contributed by atoms with Gasteiger partial charge in [-0.3, -0.25) is 9.69 Å². The van der Waals surface area contributed by atoms with E-state index in [-0.39, 0.29) is 29.4 Å². The number of aromatic nitrogens is 1. The molecular weight excluding hydrogens is 587 g/mol. The van der Waals surface area contributed by atoms with Crippen LogP contribution in [-0.2, 0) is 34.1 Å². The zero-order chi connectivity index (χ0) is 29.1. The molecule has 0 unspecified atom stereocenters. The Bertz CT molecular complexity index is 1780. The summed E-state index contributed by atoms with van der Waals surface area (Å²) in [5.41, 5.74) is 4.48. The number of methoxy groups -OCH3 is 1. The Morgan fingerprint density at radius 3 is 2.52 bits per heavy atom. The van der Waals surface area contributed by atoms with E-state index in [2.05, 4.69) is 40.5 Å². The summed E-state index contributed by atoms with van der Waals surface area (Å²) < 4.78 is 31.8. The lowest BCUT2D eigenvalue weighted by Gasteiger charge is -2.27. The lowest BCUT2D eigenvalue weighted by Crippen LogP contribution is -2.29. The summed E-state index contributed by atoms with van der Waals surface area (Å²) in [5, 5.41) is 4.83. The zero-order valence-electron chi connectivity index (χ0n) is 23.2. The maximum atomic E-state index is 13.1. The summed E-state index contributed by atoms with van der Waals surface area (Å²) in [6.07, 6.45) is 1.21. The minimum atomic E-state index is -3.50. The molecule has 0 fully saturated rings. The predicted octanol–water partition coefficient (Wildman–Crippen LogP) is 6.78. The molecule has 216 valence electrons. The molecule has 0 saturated carbocycles. The van der Waals surface area contributed by atoms with Crippen molar-refractivity contribution in [1.29, 1.82) is 0 Å². The highest BCUT2D eigenvalue weighted by atomic mass is 32.2. The van der Waals surface area contributed by atoms with Crippen molar-refractivity contribution in [2.75, 3.05) is 24.7 Å². The number of para-hydroxylation sites is 1. The van der Waals surface area contributed by atoms with Crippen LogP contribution in [0.2, 0.25) is 0 Å². The van der Waals surface area contributed by atoms with E-state index in [0.29, 0.717) is 5.75 Å². The number of ether oxygens (including phenoxy) is 1. The molecule has 0 aliphatic carbocycles. The lowest BCUT2D eigenvalue weighted by molar-refractivity contribution is -0.116. The number of nitrogens with zero attached hydrogens (tertiary/aromatic N) is 2. The van der Waals surface area contributed by atoms with Gasteiger partial charge in [0.15, 0.2) is 9.84 Å². The third-order valence-electron chi connectivity index (χ3n) is 7.38. The number of anilines is 1. The molecule has 7 nitrogen and oxygen atoms in total. The summed E-state index contributed by atoms with van der Waals surface area (Å²) >= 11 is 3.25. The van der Waals surface area contributed by atoms with E-state index in [9.17, 15) is 13.2 Å². The smallest absolute Gasteiger partial charge is 0.225 e. The molecule has 3 heterocycles. The number of carbonyl (C=O) groups excluding carboxylic acids is 1. The number of thiazole rings is 1. The van der Waals surface area contributed by atoms with Crippen LogP contribution >= 0.6 is 22.7 Å². The predicted molar refractivity (Wildman–Crippen MR) is 170 cm³/mol. The van der Waals surface area contributed by atoms with Gasteiger partial charge in [0.25, 0.3) is 0 Å². The molecule has 3 aromatic carbocycles.